The second-order valence-electron chi connectivity index (χ2n) is 5.82. The normalized spacial score (nSPS) is 11.6. The fraction of sp³-hybridized carbons (Fsp3) is 0.263. The number of hydrogen-bond acceptors (Lipinski definition) is 3. The smallest absolute Gasteiger partial charge is 0.253 e. The zero-order valence-corrected chi connectivity index (χ0v) is 13.9. The number of nitrogens with zero attached hydrogens (tertiary/aromatic N) is 1. The van der Waals surface area contributed by atoms with Crippen molar-refractivity contribution in [2.24, 2.45) is 0 Å². The summed E-state index contributed by atoms with van der Waals surface area (Å²) >= 11 is 0. The van der Waals surface area contributed by atoms with E-state index in [9.17, 15) is 14.7 Å². The number of nitrogens with one attached hydrogen (secondary N) is 1. The van der Waals surface area contributed by atoms with E-state index in [4.69, 9.17) is 0 Å². The van der Waals surface area contributed by atoms with E-state index in [0.717, 1.165) is 5.56 Å². The summed E-state index contributed by atoms with van der Waals surface area (Å²) in [5, 5.41) is 12.3. The standard InChI is InChI=1S/C19H22N2O3/c1-21(2)19(24)16-10-8-15(9-11-16)18(23)20-17(13-22)12-14-6-4-3-5-7-14/h3-11,17,22H,12-13H2,1-2H3,(H,20,23). The highest BCUT2D eigenvalue weighted by atomic mass is 16.3. The van der Waals surface area contributed by atoms with Crippen molar-refractivity contribution in [1.82, 2.24) is 10.2 Å². The van der Waals surface area contributed by atoms with Crippen LogP contribution in [0.5, 0.6) is 0 Å². The second-order valence-corrected chi connectivity index (χ2v) is 5.82. The van der Waals surface area contributed by atoms with E-state index >= 15 is 0 Å². The molecule has 0 aliphatic heterocycles. The first-order valence-corrected chi connectivity index (χ1v) is 7.78. The average Bonchev–Trinajstić information content (AvgIpc) is 2.61. The Hall–Kier alpha value is -2.66. The molecule has 0 aliphatic carbocycles. The van der Waals surface area contributed by atoms with Crippen molar-refractivity contribution >= 4 is 11.8 Å². The molecule has 0 saturated heterocycles. The molecule has 5 nitrogen and oxygen atoms in total. The first kappa shape index (κ1) is 17.7. The molecule has 1 unspecified atom stereocenters. The van der Waals surface area contributed by atoms with Gasteiger partial charge in [-0.05, 0) is 36.2 Å². The second kappa shape index (κ2) is 8.26. The molecule has 126 valence electrons. The van der Waals surface area contributed by atoms with Crippen molar-refractivity contribution in [2.75, 3.05) is 20.7 Å². The van der Waals surface area contributed by atoms with Crippen LogP contribution in [0.15, 0.2) is 54.6 Å². The highest BCUT2D eigenvalue weighted by Crippen LogP contribution is 2.08. The molecule has 0 fully saturated rings. The Labute approximate surface area is 141 Å². The summed E-state index contributed by atoms with van der Waals surface area (Å²) in [5.41, 5.74) is 2.03. The van der Waals surface area contributed by atoms with Crippen LogP contribution in [0.1, 0.15) is 26.3 Å². The van der Waals surface area contributed by atoms with Gasteiger partial charge in [0.15, 0.2) is 0 Å². The lowest BCUT2D eigenvalue weighted by Gasteiger charge is -2.17. The zero-order valence-electron chi connectivity index (χ0n) is 13.9. The molecule has 1 atom stereocenters. The quantitative estimate of drug-likeness (QED) is 0.849. The monoisotopic (exact) mass is 326 g/mol. The third-order valence-electron chi connectivity index (χ3n) is 3.68. The van der Waals surface area contributed by atoms with Crippen LogP contribution >= 0.6 is 0 Å². The predicted octanol–water partition coefficient (Wildman–Crippen LogP) is 1.72. The third-order valence-corrected chi connectivity index (χ3v) is 3.68. The summed E-state index contributed by atoms with van der Waals surface area (Å²) in [7, 11) is 3.36. The molecule has 2 rings (SSSR count). The van der Waals surface area contributed by atoms with Crippen LogP contribution in [0.2, 0.25) is 0 Å². The molecule has 2 aromatic rings. The molecular formula is C19H22N2O3. The topological polar surface area (TPSA) is 69.6 Å². The van der Waals surface area contributed by atoms with Crippen LogP contribution in [0, 0.1) is 0 Å². The van der Waals surface area contributed by atoms with Crippen molar-refractivity contribution in [3.63, 3.8) is 0 Å². The van der Waals surface area contributed by atoms with Crippen LogP contribution in [0.25, 0.3) is 0 Å². The minimum absolute atomic E-state index is 0.112. The number of aliphatic hydroxyl groups excluding tert-OH is 1. The maximum Gasteiger partial charge on any atom is 0.253 e. The minimum Gasteiger partial charge on any atom is -0.394 e. The summed E-state index contributed by atoms with van der Waals surface area (Å²) in [5.74, 6) is -0.381. The highest BCUT2D eigenvalue weighted by Gasteiger charge is 2.14. The van der Waals surface area contributed by atoms with Gasteiger partial charge in [-0.2, -0.15) is 0 Å². The Balaban J connectivity index is 2.01. The van der Waals surface area contributed by atoms with Crippen LogP contribution in [0.3, 0.4) is 0 Å². The molecule has 0 aromatic heterocycles. The fourth-order valence-corrected chi connectivity index (χ4v) is 2.35. The fourth-order valence-electron chi connectivity index (χ4n) is 2.35. The number of aliphatic hydroxyl groups is 1. The van der Waals surface area contributed by atoms with Gasteiger partial charge in [-0.3, -0.25) is 9.59 Å². The van der Waals surface area contributed by atoms with Gasteiger partial charge in [0.2, 0.25) is 0 Å². The number of carbonyl (C=O) groups excluding carboxylic acids is 2. The lowest BCUT2D eigenvalue weighted by atomic mass is 10.1. The summed E-state index contributed by atoms with van der Waals surface area (Å²) < 4.78 is 0. The minimum atomic E-state index is -0.358. The van der Waals surface area contributed by atoms with E-state index in [2.05, 4.69) is 5.32 Å². The molecule has 0 heterocycles. The Bertz CT molecular complexity index is 682. The summed E-state index contributed by atoms with van der Waals surface area (Å²) in [6.07, 6.45) is 0.556. The van der Waals surface area contributed by atoms with Crippen LogP contribution in [-0.4, -0.2) is 48.6 Å². The van der Waals surface area contributed by atoms with Crippen LogP contribution in [-0.2, 0) is 6.42 Å². The summed E-state index contributed by atoms with van der Waals surface area (Å²) in [4.78, 5) is 25.6. The molecule has 2 amide bonds. The predicted molar refractivity (Wildman–Crippen MR) is 92.9 cm³/mol. The first-order chi connectivity index (χ1) is 11.5. The molecule has 0 radical (unpaired) electrons. The van der Waals surface area contributed by atoms with Crippen LogP contribution < -0.4 is 5.32 Å². The molecule has 2 aromatic carbocycles. The number of amides is 2. The highest BCUT2D eigenvalue weighted by molar-refractivity contribution is 5.97. The number of hydrogen-bond donors (Lipinski definition) is 2. The van der Waals surface area contributed by atoms with Crippen molar-refractivity contribution in [3.05, 3.63) is 71.3 Å². The van der Waals surface area contributed by atoms with Gasteiger partial charge in [-0.25, -0.2) is 0 Å². The third kappa shape index (κ3) is 4.67. The number of benzene rings is 2. The molecule has 5 heteroatoms. The van der Waals surface area contributed by atoms with Gasteiger partial charge in [0.25, 0.3) is 11.8 Å². The molecular weight excluding hydrogens is 304 g/mol. The van der Waals surface area contributed by atoms with E-state index in [1.807, 2.05) is 30.3 Å². The number of rotatable bonds is 6. The molecule has 0 aliphatic rings. The van der Waals surface area contributed by atoms with E-state index in [1.54, 1.807) is 38.4 Å². The largest absolute Gasteiger partial charge is 0.394 e. The zero-order chi connectivity index (χ0) is 17.5. The number of carbonyl (C=O) groups is 2. The van der Waals surface area contributed by atoms with Gasteiger partial charge in [0.05, 0.1) is 12.6 Å². The van der Waals surface area contributed by atoms with E-state index < -0.39 is 0 Å². The van der Waals surface area contributed by atoms with Crippen molar-refractivity contribution in [3.8, 4) is 0 Å². The van der Waals surface area contributed by atoms with Gasteiger partial charge >= 0.3 is 0 Å². The Morgan fingerprint density at radius 3 is 2.12 bits per heavy atom. The maximum atomic E-state index is 12.3. The van der Waals surface area contributed by atoms with Crippen LogP contribution in [0.4, 0.5) is 0 Å². The van der Waals surface area contributed by atoms with Crippen molar-refractivity contribution < 1.29 is 14.7 Å². The summed E-state index contributed by atoms with van der Waals surface area (Å²) in [6.45, 7) is -0.141. The summed E-state index contributed by atoms with van der Waals surface area (Å²) in [6, 6.07) is 15.8. The lowest BCUT2D eigenvalue weighted by molar-refractivity contribution is 0.0826. The van der Waals surface area contributed by atoms with Crippen molar-refractivity contribution in [2.45, 2.75) is 12.5 Å². The molecule has 24 heavy (non-hydrogen) atoms. The first-order valence-electron chi connectivity index (χ1n) is 7.78. The van der Waals surface area contributed by atoms with Gasteiger partial charge < -0.3 is 15.3 Å². The lowest BCUT2D eigenvalue weighted by Crippen LogP contribution is -2.39. The Kier molecular flexibility index (Phi) is 6.09. The van der Waals surface area contributed by atoms with Crippen molar-refractivity contribution in [1.29, 1.82) is 0 Å². The Morgan fingerprint density at radius 1 is 1.00 bits per heavy atom. The molecule has 0 bridgehead atoms. The van der Waals surface area contributed by atoms with E-state index in [0.29, 0.717) is 17.5 Å². The SMILES string of the molecule is CN(C)C(=O)c1ccc(C(=O)NC(CO)Cc2ccccc2)cc1. The molecule has 0 saturated carbocycles. The van der Waals surface area contributed by atoms with Gasteiger partial charge in [-0.15, -0.1) is 0 Å². The average molecular weight is 326 g/mol. The molecule has 2 N–H and O–H groups in total. The van der Waals surface area contributed by atoms with Gasteiger partial charge in [0, 0.05) is 25.2 Å². The Morgan fingerprint density at radius 2 is 1.58 bits per heavy atom. The molecule has 0 spiro atoms. The van der Waals surface area contributed by atoms with E-state index in [-0.39, 0.29) is 24.5 Å². The maximum absolute atomic E-state index is 12.3. The van der Waals surface area contributed by atoms with Gasteiger partial charge in [0.1, 0.15) is 0 Å². The van der Waals surface area contributed by atoms with Gasteiger partial charge in [-0.1, -0.05) is 30.3 Å². The van der Waals surface area contributed by atoms with E-state index in [1.165, 1.54) is 4.90 Å².